The fourth-order valence-corrected chi connectivity index (χ4v) is 3.37. The van der Waals surface area contributed by atoms with Gasteiger partial charge in [0.15, 0.2) is 0 Å². The molecule has 1 unspecified atom stereocenters. The third-order valence-electron chi connectivity index (χ3n) is 4.64. The van der Waals surface area contributed by atoms with Crippen molar-refractivity contribution >= 4 is 11.0 Å². The fourth-order valence-electron chi connectivity index (χ4n) is 3.37. The number of fused-ring (bicyclic) bond motifs is 1. The van der Waals surface area contributed by atoms with Gasteiger partial charge in [-0.15, -0.1) is 0 Å². The number of hydrogen-bond acceptors (Lipinski definition) is 3. The van der Waals surface area contributed by atoms with Crippen molar-refractivity contribution in [1.82, 2.24) is 15.1 Å². The molecule has 120 valence electrons. The Morgan fingerprint density at radius 2 is 1.88 bits per heavy atom. The summed E-state index contributed by atoms with van der Waals surface area (Å²) in [6.45, 7) is 6.14. The number of benzene rings is 2. The second kappa shape index (κ2) is 5.64. The zero-order chi connectivity index (χ0) is 16.7. The van der Waals surface area contributed by atoms with E-state index >= 15 is 0 Å². The first kappa shape index (κ1) is 14.7. The summed E-state index contributed by atoms with van der Waals surface area (Å²) in [6, 6.07) is 14.8. The molecular formula is C20H19N3O. The van der Waals surface area contributed by atoms with Gasteiger partial charge in [-0.1, -0.05) is 42.4 Å². The molecule has 0 saturated heterocycles. The Hall–Kier alpha value is -2.88. The van der Waals surface area contributed by atoms with Crippen LogP contribution < -0.4 is 0 Å². The highest BCUT2D eigenvalue weighted by Gasteiger charge is 2.18. The molecule has 2 heterocycles. The molecule has 2 aromatic heterocycles. The molecule has 0 amide bonds. The normalized spacial score (nSPS) is 12.6. The van der Waals surface area contributed by atoms with Crippen LogP contribution >= 0.6 is 0 Å². The number of aromatic amines is 1. The first-order valence-corrected chi connectivity index (χ1v) is 8.10. The number of nitrogens with one attached hydrogen (secondary N) is 1. The molecule has 0 radical (unpaired) electrons. The Bertz CT molecular complexity index is 979. The van der Waals surface area contributed by atoms with Gasteiger partial charge in [-0.25, -0.2) is 4.98 Å². The molecule has 4 heteroatoms. The minimum atomic E-state index is 0.248. The number of aromatic nitrogens is 3. The van der Waals surface area contributed by atoms with Crippen molar-refractivity contribution in [3.05, 3.63) is 71.4 Å². The molecular weight excluding hydrogens is 298 g/mol. The molecule has 0 fully saturated rings. The average Bonchev–Trinajstić information content (AvgIpc) is 3.20. The summed E-state index contributed by atoms with van der Waals surface area (Å²) < 4.78 is 5.35. The van der Waals surface area contributed by atoms with Gasteiger partial charge in [0.2, 0.25) is 0 Å². The maximum absolute atomic E-state index is 5.35. The van der Waals surface area contributed by atoms with E-state index in [1.807, 2.05) is 19.9 Å². The summed E-state index contributed by atoms with van der Waals surface area (Å²) in [6.07, 6.45) is 1.75. The van der Waals surface area contributed by atoms with E-state index in [4.69, 9.17) is 4.52 Å². The van der Waals surface area contributed by atoms with Crippen LogP contribution in [0.2, 0.25) is 0 Å². The Morgan fingerprint density at radius 3 is 2.58 bits per heavy atom. The zero-order valence-electron chi connectivity index (χ0n) is 14.0. The minimum Gasteiger partial charge on any atom is -0.361 e. The highest BCUT2D eigenvalue weighted by Crippen LogP contribution is 2.35. The van der Waals surface area contributed by atoms with Crippen molar-refractivity contribution in [1.29, 1.82) is 0 Å². The smallest absolute Gasteiger partial charge is 0.141 e. The predicted molar refractivity (Wildman–Crippen MR) is 95.0 cm³/mol. The second-order valence-corrected chi connectivity index (χ2v) is 6.20. The zero-order valence-corrected chi connectivity index (χ0v) is 14.0. The number of hydrogen-bond donors (Lipinski definition) is 1. The quantitative estimate of drug-likeness (QED) is 0.579. The fraction of sp³-hybridized carbons (Fsp3) is 0.200. The number of aryl methyl sites for hydroxylation is 2. The molecule has 1 atom stereocenters. The van der Waals surface area contributed by atoms with E-state index in [0.29, 0.717) is 0 Å². The molecule has 0 aliphatic carbocycles. The maximum Gasteiger partial charge on any atom is 0.141 e. The Kier molecular flexibility index (Phi) is 3.45. The largest absolute Gasteiger partial charge is 0.361 e. The summed E-state index contributed by atoms with van der Waals surface area (Å²) in [5, 5.41) is 4.09. The lowest BCUT2D eigenvalue weighted by Gasteiger charge is -2.15. The number of H-pyrrole nitrogens is 1. The molecule has 0 aliphatic heterocycles. The second-order valence-electron chi connectivity index (χ2n) is 6.20. The molecule has 0 aliphatic rings. The highest BCUT2D eigenvalue weighted by atomic mass is 16.5. The van der Waals surface area contributed by atoms with Crippen LogP contribution in [0, 0.1) is 13.8 Å². The van der Waals surface area contributed by atoms with Gasteiger partial charge in [-0.3, -0.25) is 0 Å². The van der Waals surface area contributed by atoms with Crippen LogP contribution in [0.15, 0.2) is 53.3 Å². The van der Waals surface area contributed by atoms with Crippen LogP contribution in [0.5, 0.6) is 0 Å². The Balaban J connectivity index is 1.94. The van der Waals surface area contributed by atoms with Crippen LogP contribution in [-0.2, 0) is 0 Å². The summed E-state index contributed by atoms with van der Waals surface area (Å²) in [5.74, 6) is 1.09. The van der Waals surface area contributed by atoms with E-state index in [1.165, 1.54) is 11.1 Å². The van der Waals surface area contributed by atoms with Crippen molar-refractivity contribution < 1.29 is 4.52 Å². The summed E-state index contributed by atoms with van der Waals surface area (Å²) in [4.78, 5) is 7.78. The van der Waals surface area contributed by atoms with E-state index < -0.39 is 0 Å². The predicted octanol–water partition coefficient (Wildman–Crippen LogP) is 4.99. The molecule has 0 saturated carbocycles. The molecule has 4 nitrogen and oxygen atoms in total. The summed E-state index contributed by atoms with van der Waals surface area (Å²) in [7, 11) is 0. The van der Waals surface area contributed by atoms with Gasteiger partial charge in [-0.05, 0) is 42.7 Å². The Morgan fingerprint density at radius 1 is 1.08 bits per heavy atom. The number of nitrogens with zero attached hydrogens (tertiary/aromatic N) is 2. The van der Waals surface area contributed by atoms with E-state index in [2.05, 4.69) is 58.4 Å². The van der Waals surface area contributed by atoms with Gasteiger partial charge < -0.3 is 9.51 Å². The van der Waals surface area contributed by atoms with Gasteiger partial charge >= 0.3 is 0 Å². The van der Waals surface area contributed by atoms with Crippen LogP contribution in [0.1, 0.15) is 35.4 Å². The third kappa shape index (κ3) is 2.31. The van der Waals surface area contributed by atoms with Crippen LogP contribution in [0.3, 0.4) is 0 Å². The van der Waals surface area contributed by atoms with Crippen molar-refractivity contribution in [2.45, 2.75) is 26.7 Å². The van der Waals surface area contributed by atoms with Crippen molar-refractivity contribution in [3.8, 4) is 11.1 Å². The monoisotopic (exact) mass is 317 g/mol. The van der Waals surface area contributed by atoms with Gasteiger partial charge in [0.25, 0.3) is 0 Å². The van der Waals surface area contributed by atoms with E-state index in [0.717, 1.165) is 33.6 Å². The maximum atomic E-state index is 5.35. The molecule has 0 spiro atoms. The van der Waals surface area contributed by atoms with Gasteiger partial charge in [0.05, 0.1) is 23.1 Å². The molecule has 24 heavy (non-hydrogen) atoms. The lowest BCUT2D eigenvalue weighted by atomic mass is 9.89. The van der Waals surface area contributed by atoms with E-state index in [9.17, 15) is 0 Å². The van der Waals surface area contributed by atoms with Crippen LogP contribution in [0.4, 0.5) is 0 Å². The van der Waals surface area contributed by atoms with Crippen molar-refractivity contribution in [3.63, 3.8) is 0 Å². The standard InChI is InChI=1S/C20H19N3O/c1-12(15-7-5-4-6-8-15)17-9-16(10-18-20(17)22-11-21-18)19-13(2)23-24-14(19)3/h4-12H,1-3H3,(H,21,22). The first-order chi connectivity index (χ1) is 11.6. The SMILES string of the molecule is Cc1noc(C)c1-c1cc(C(C)c2ccccc2)c2nc[nH]c2c1. The first-order valence-electron chi connectivity index (χ1n) is 8.10. The highest BCUT2D eigenvalue weighted by molar-refractivity contribution is 5.86. The molecule has 4 rings (SSSR count). The van der Waals surface area contributed by atoms with Gasteiger partial charge in [0, 0.05) is 11.5 Å². The van der Waals surface area contributed by atoms with Crippen molar-refractivity contribution in [2.75, 3.05) is 0 Å². The average molecular weight is 317 g/mol. The minimum absolute atomic E-state index is 0.248. The molecule has 1 N–H and O–H groups in total. The Labute approximate surface area is 140 Å². The van der Waals surface area contributed by atoms with E-state index in [-0.39, 0.29) is 5.92 Å². The summed E-state index contributed by atoms with van der Waals surface area (Å²) >= 11 is 0. The van der Waals surface area contributed by atoms with Crippen LogP contribution in [-0.4, -0.2) is 15.1 Å². The summed E-state index contributed by atoms with van der Waals surface area (Å²) in [5.41, 5.74) is 7.61. The lowest BCUT2D eigenvalue weighted by molar-refractivity contribution is 0.393. The van der Waals surface area contributed by atoms with Crippen LogP contribution in [0.25, 0.3) is 22.2 Å². The van der Waals surface area contributed by atoms with Gasteiger partial charge in [0.1, 0.15) is 5.76 Å². The lowest BCUT2D eigenvalue weighted by Crippen LogP contribution is -1.98. The van der Waals surface area contributed by atoms with Gasteiger partial charge in [-0.2, -0.15) is 0 Å². The molecule has 2 aromatic carbocycles. The number of imidazole rings is 1. The number of rotatable bonds is 3. The van der Waals surface area contributed by atoms with Crippen molar-refractivity contribution in [2.24, 2.45) is 0 Å². The molecule has 0 bridgehead atoms. The topological polar surface area (TPSA) is 54.7 Å². The third-order valence-corrected chi connectivity index (χ3v) is 4.64. The molecule has 4 aromatic rings. The van der Waals surface area contributed by atoms with E-state index in [1.54, 1.807) is 6.33 Å².